The molecule has 0 aliphatic rings. The third kappa shape index (κ3) is 2.59. The summed E-state index contributed by atoms with van der Waals surface area (Å²) in [5.74, 6) is 0.975. The number of rotatable bonds is 2. The molecule has 6 heteroatoms. The minimum Gasteiger partial charge on any atom is -0.294 e. The normalized spacial score (nSPS) is 10.8. The van der Waals surface area contributed by atoms with Crippen LogP contribution in [0, 0.1) is 11.3 Å². The van der Waals surface area contributed by atoms with Crippen molar-refractivity contribution < 1.29 is 0 Å². The highest BCUT2D eigenvalue weighted by Gasteiger charge is 2.15. The summed E-state index contributed by atoms with van der Waals surface area (Å²) in [5.41, 5.74) is 3.10. The van der Waals surface area contributed by atoms with Crippen molar-refractivity contribution in [2.75, 3.05) is 0 Å². The highest BCUT2D eigenvalue weighted by molar-refractivity contribution is 9.10. The Morgan fingerprint density at radius 1 is 1.14 bits per heavy atom. The van der Waals surface area contributed by atoms with Gasteiger partial charge in [-0.15, -0.1) is 11.6 Å². The first kappa shape index (κ1) is 14.6. The predicted molar refractivity (Wildman–Crippen MR) is 90.7 cm³/mol. The first-order valence-corrected chi connectivity index (χ1v) is 8.19. The van der Waals surface area contributed by atoms with Crippen LogP contribution in [0.15, 0.2) is 45.3 Å². The third-order valence-corrected chi connectivity index (χ3v) is 4.35. The molecule has 0 bridgehead atoms. The van der Waals surface area contributed by atoms with Crippen molar-refractivity contribution in [3.8, 4) is 11.8 Å². The van der Waals surface area contributed by atoms with E-state index in [0.29, 0.717) is 11.4 Å². The fraction of sp³-hybridized carbons (Fsp3) is 0.0667. The molecule has 0 amide bonds. The monoisotopic (exact) mass is 423 g/mol. The number of imidazole rings is 1. The van der Waals surface area contributed by atoms with Crippen molar-refractivity contribution in [2.24, 2.45) is 0 Å². The van der Waals surface area contributed by atoms with Crippen molar-refractivity contribution in [1.29, 1.82) is 5.26 Å². The molecular formula is C15H8Br2ClN3. The van der Waals surface area contributed by atoms with Crippen LogP contribution in [0.1, 0.15) is 11.4 Å². The van der Waals surface area contributed by atoms with Gasteiger partial charge in [0.1, 0.15) is 11.9 Å². The van der Waals surface area contributed by atoms with Gasteiger partial charge in [0.05, 0.1) is 28.2 Å². The van der Waals surface area contributed by atoms with Gasteiger partial charge in [0, 0.05) is 8.95 Å². The number of aromatic nitrogens is 2. The Hall–Kier alpha value is -1.35. The summed E-state index contributed by atoms with van der Waals surface area (Å²) < 4.78 is 3.78. The lowest BCUT2D eigenvalue weighted by Crippen LogP contribution is -2.02. The number of nitrogens with zero attached hydrogens (tertiary/aromatic N) is 3. The molecule has 0 aliphatic heterocycles. The molecule has 0 spiro atoms. The van der Waals surface area contributed by atoms with Crippen LogP contribution in [0.2, 0.25) is 0 Å². The molecule has 0 saturated carbocycles. The van der Waals surface area contributed by atoms with E-state index in [0.717, 1.165) is 25.7 Å². The van der Waals surface area contributed by atoms with E-state index in [1.165, 1.54) is 0 Å². The second-order valence-corrected chi connectivity index (χ2v) is 6.50. The molecular weight excluding hydrogens is 417 g/mol. The molecule has 0 N–H and O–H groups in total. The van der Waals surface area contributed by atoms with E-state index < -0.39 is 0 Å². The summed E-state index contributed by atoms with van der Waals surface area (Å²) in [7, 11) is 0. The molecule has 3 rings (SSSR count). The zero-order chi connectivity index (χ0) is 15.0. The summed E-state index contributed by atoms with van der Waals surface area (Å²) in [6.07, 6.45) is 0. The zero-order valence-corrected chi connectivity index (χ0v) is 14.6. The van der Waals surface area contributed by atoms with Crippen LogP contribution in [-0.4, -0.2) is 9.55 Å². The smallest absolute Gasteiger partial charge is 0.129 e. The molecule has 0 fully saturated rings. The van der Waals surface area contributed by atoms with Crippen LogP contribution in [0.5, 0.6) is 0 Å². The topological polar surface area (TPSA) is 41.6 Å². The number of hydrogen-bond donors (Lipinski definition) is 0. The van der Waals surface area contributed by atoms with E-state index in [2.05, 4.69) is 42.9 Å². The molecule has 3 aromatic rings. The number of fused-ring (bicyclic) bond motifs is 1. The van der Waals surface area contributed by atoms with E-state index >= 15 is 0 Å². The number of benzene rings is 2. The van der Waals surface area contributed by atoms with Crippen LogP contribution in [0.3, 0.4) is 0 Å². The summed E-state index contributed by atoms with van der Waals surface area (Å²) in [6, 6.07) is 13.6. The molecule has 1 heterocycles. The Morgan fingerprint density at radius 2 is 1.86 bits per heavy atom. The Morgan fingerprint density at radius 3 is 2.57 bits per heavy atom. The first-order valence-electron chi connectivity index (χ1n) is 6.07. The Kier molecular flexibility index (Phi) is 4.03. The molecule has 0 saturated heterocycles. The lowest BCUT2D eigenvalue weighted by molar-refractivity contribution is 0.977. The van der Waals surface area contributed by atoms with Gasteiger partial charge in [0.25, 0.3) is 0 Å². The van der Waals surface area contributed by atoms with Crippen molar-refractivity contribution in [2.45, 2.75) is 5.88 Å². The SMILES string of the molecule is N#Cc1ccc(Br)cc1-n1c(CCl)nc2cc(Br)ccc21. The minimum atomic E-state index is 0.268. The van der Waals surface area contributed by atoms with Gasteiger partial charge < -0.3 is 0 Å². The second kappa shape index (κ2) is 5.80. The van der Waals surface area contributed by atoms with Gasteiger partial charge in [-0.05, 0) is 36.4 Å². The highest BCUT2D eigenvalue weighted by atomic mass is 79.9. The molecule has 0 unspecified atom stereocenters. The van der Waals surface area contributed by atoms with Gasteiger partial charge in [-0.2, -0.15) is 5.26 Å². The molecule has 2 aromatic carbocycles. The molecule has 0 radical (unpaired) electrons. The van der Waals surface area contributed by atoms with Crippen molar-refractivity contribution in [3.63, 3.8) is 0 Å². The van der Waals surface area contributed by atoms with Crippen molar-refractivity contribution in [1.82, 2.24) is 9.55 Å². The predicted octanol–water partition coefficient (Wildman–Crippen LogP) is 5.16. The quantitative estimate of drug-likeness (QED) is 0.532. The van der Waals surface area contributed by atoms with Gasteiger partial charge in [-0.1, -0.05) is 31.9 Å². The maximum Gasteiger partial charge on any atom is 0.129 e. The first-order chi connectivity index (χ1) is 10.1. The van der Waals surface area contributed by atoms with E-state index in [1.54, 1.807) is 6.07 Å². The van der Waals surface area contributed by atoms with Crippen LogP contribution < -0.4 is 0 Å². The minimum absolute atomic E-state index is 0.268. The van der Waals surface area contributed by atoms with Crippen LogP contribution in [-0.2, 0) is 5.88 Å². The van der Waals surface area contributed by atoms with E-state index in [4.69, 9.17) is 11.6 Å². The lowest BCUT2D eigenvalue weighted by atomic mass is 10.2. The molecule has 104 valence electrons. The molecule has 3 nitrogen and oxygen atoms in total. The maximum atomic E-state index is 9.35. The summed E-state index contributed by atoms with van der Waals surface area (Å²) in [6.45, 7) is 0. The van der Waals surface area contributed by atoms with E-state index in [1.807, 2.05) is 34.9 Å². The molecule has 0 aliphatic carbocycles. The number of nitriles is 1. The highest BCUT2D eigenvalue weighted by Crippen LogP contribution is 2.28. The Labute approximate surface area is 143 Å². The maximum absolute atomic E-state index is 9.35. The molecule has 1 aromatic heterocycles. The average molecular weight is 426 g/mol. The van der Waals surface area contributed by atoms with E-state index in [9.17, 15) is 5.26 Å². The number of alkyl halides is 1. The summed E-state index contributed by atoms with van der Waals surface area (Å²) in [5, 5.41) is 9.35. The van der Waals surface area contributed by atoms with Gasteiger partial charge in [0.15, 0.2) is 0 Å². The zero-order valence-electron chi connectivity index (χ0n) is 10.6. The molecule has 21 heavy (non-hydrogen) atoms. The average Bonchev–Trinajstić information content (AvgIpc) is 2.84. The van der Waals surface area contributed by atoms with Gasteiger partial charge in [0.2, 0.25) is 0 Å². The van der Waals surface area contributed by atoms with Gasteiger partial charge >= 0.3 is 0 Å². The van der Waals surface area contributed by atoms with Crippen molar-refractivity contribution in [3.05, 3.63) is 56.7 Å². The Bertz CT molecular complexity index is 880. The lowest BCUT2D eigenvalue weighted by Gasteiger charge is -2.10. The van der Waals surface area contributed by atoms with Crippen LogP contribution in [0.4, 0.5) is 0 Å². The fourth-order valence-corrected chi connectivity index (χ4v) is 3.12. The summed E-state index contributed by atoms with van der Waals surface area (Å²) >= 11 is 12.9. The second-order valence-electron chi connectivity index (χ2n) is 4.40. The molecule has 0 atom stereocenters. The number of hydrogen-bond acceptors (Lipinski definition) is 2. The number of halogens is 3. The summed E-state index contributed by atoms with van der Waals surface area (Å²) in [4.78, 5) is 4.55. The van der Waals surface area contributed by atoms with Crippen LogP contribution >= 0.6 is 43.5 Å². The third-order valence-electron chi connectivity index (χ3n) is 3.13. The van der Waals surface area contributed by atoms with Gasteiger partial charge in [-0.25, -0.2) is 4.98 Å². The van der Waals surface area contributed by atoms with Crippen LogP contribution in [0.25, 0.3) is 16.7 Å². The van der Waals surface area contributed by atoms with E-state index in [-0.39, 0.29) is 5.88 Å². The standard InChI is InChI=1S/C15H8Br2ClN3/c16-10-3-4-13-12(5-10)20-15(7-18)21(13)14-6-11(17)2-1-9(14)8-19/h1-6H,7H2. The largest absolute Gasteiger partial charge is 0.294 e. The van der Waals surface area contributed by atoms with Crippen molar-refractivity contribution >= 4 is 54.5 Å². The Balaban J connectivity index is 2.39. The fourth-order valence-electron chi connectivity index (χ4n) is 2.25. The van der Waals surface area contributed by atoms with Gasteiger partial charge in [-0.3, -0.25) is 4.57 Å².